The highest BCUT2D eigenvalue weighted by Gasteiger charge is 2.34. The molecule has 0 bridgehead atoms. The Labute approximate surface area is 105 Å². The van der Waals surface area contributed by atoms with Gasteiger partial charge in [0, 0.05) is 24.7 Å². The SMILES string of the molecule is NC1CCCC(NCC2CCN(C3CC3)C2)C1. The lowest BCUT2D eigenvalue weighted by Crippen LogP contribution is -2.41. The first-order chi connectivity index (χ1) is 8.31. The van der Waals surface area contributed by atoms with Gasteiger partial charge in [-0.05, 0) is 57.5 Å². The summed E-state index contributed by atoms with van der Waals surface area (Å²) in [6.45, 7) is 3.91. The molecule has 3 unspecified atom stereocenters. The highest BCUT2D eigenvalue weighted by atomic mass is 15.2. The lowest BCUT2D eigenvalue weighted by molar-refractivity contribution is 0.295. The Bertz CT molecular complexity index is 252. The molecule has 3 fully saturated rings. The predicted molar refractivity (Wildman–Crippen MR) is 70.9 cm³/mol. The van der Waals surface area contributed by atoms with Crippen LogP contribution in [0.1, 0.15) is 44.9 Å². The van der Waals surface area contributed by atoms with Gasteiger partial charge in [0.25, 0.3) is 0 Å². The second kappa shape index (κ2) is 5.25. The third-order valence-electron chi connectivity index (χ3n) is 4.79. The van der Waals surface area contributed by atoms with Crippen molar-refractivity contribution in [3.05, 3.63) is 0 Å². The van der Waals surface area contributed by atoms with E-state index in [0.29, 0.717) is 12.1 Å². The van der Waals surface area contributed by atoms with E-state index >= 15 is 0 Å². The zero-order chi connectivity index (χ0) is 11.7. The van der Waals surface area contributed by atoms with Crippen molar-refractivity contribution in [3.8, 4) is 0 Å². The minimum Gasteiger partial charge on any atom is -0.328 e. The van der Waals surface area contributed by atoms with Gasteiger partial charge in [-0.3, -0.25) is 0 Å². The molecule has 0 spiro atoms. The van der Waals surface area contributed by atoms with E-state index < -0.39 is 0 Å². The van der Waals surface area contributed by atoms with Crippen LogP contribution in [0, 0.1) is 5.92 Å². The third kappa shape index (κ3) is 3.21. The van der Waals surface area contributed by atoms with Gasteiger partial charge in [-0.1, -0.05) is 6.42 Å². The van der Waals surface area contributed by atoms with Gasteiger partial charge >= 0.3 is 0 Å². The van der Waals surface area contributed by atoms with Crippen LogP contribution < -0.4 is 11.1 Å². The summed E-state index contributed by atoms with van der Waals surface area (Å²) in [7, 11) is 0. The topological polar surface area (TPSA) is 41.3 Å². The van der Waals surface area contributed by atoms with E-state index in [1.807, 2.05) is 0 Å². The maximum absolute atomic E-state index is 6.03. The van der Waals surface area contributed by atoms with Crippen molar-refractivity contribution >= 4 is 0 Å². The van der Waals surface area contributed by atoms with Crippen molar-refractivity contribution in [2.45, 2.75) is 63.1 Å². The van der Waals surface area contributed by atoms with Crippen molar-refractivity contribution in [1.29, 1.82) is 0 Å². The van der Waals surface area contributed by atoms with E-state index in [1.165, 1.54) is 64.6 Å². The normalized spacial score (nSPS) is 39.7. The van der Waals surface area contributed by atoms with Crippen molar-refractivity contribution < 1.29 is 0 Å². The monoisotopic (exact) mass is 237 g/mol. The first-order valence-corrected chi connectivity index (χ1v) is 7.54. The average Bonchev–Trinajstić information content (AvgIpc) is 3.07. The Morgan fingerprint density at radius 2 is 2.00 bits per heavy atom. The Kier molecular flexibility index (Phi) is 3.69. The van der Waals surface area contributed by atoms with E-state index in [0.717, 1.165) is 12.0 Å². The summed E-state index contributed by atoms with van der Waals surface area (Å²) in [4.78, 5) is 2.71. The fourth-order valence-electron chi connectivity index (χ4n) is 3.55. The summed E-state index contributed by atoms with van der Waals surface area (Å²) in [5.41, 5.74) is 6.03. The Balaban J connectivity index is 1.36. The van der Waals surface area contributed by atoms with Gasteiger partial charge in [-0.15, -0.1) is 0 Å². The molecule has 0 aromatic rings. The molecule has 2 saturated carbocycles. The molecule has 3 aliphatic rings. The molecule has 1 heterocycles. The third-order valence-corrected chi connectivity index (χ3v) is 4.79. The maximum Gasteiger partial charge on any atom is 0.00965 e. The van der Waals surface area contributed by atoms with Gasteiger partial charge in [-0.2, -0.15) is 0 Å². The molecule has 0 amide bonds. The summed E-state index contributed by atoms with van der Waals surface area (Å²) in [5, 5.41) is 3.77. The molecular formula is C14H27N3. The number of hydrogen-bond acceptors (Lipinski definition) is 3. The minimum atomic E-state index is 0.452. The first kappa shape index (κ1) is 11.9. The first-order valence-electron chi connectivity index (χ1n) is 7.54. The van der Waals surface area contributed by atoms with Crippen LogP contribution in [0.5, 0.6) is 0 Å². The van der Waals surface area contributed by atoms with Gasteiger partial charge in [0.15, 0.2) is 0 Å². The highest BCUT2D eigenvalue weighted by Crippen LogP contribution is 2.31. The smallest absolute Gasteiger partial charge is 0.00965 e. The molecule has 2 aliphatic carbocycles. The number of hydrogen-bond donors (Lipinski definition) is 2. The van der Waals surface area contributed by atoms with Crippen LogP contribution in [0.2, 0.25) is 0 Å². The maximum atomic E-state index is 6.03. The standard InChI is InChI=1S/C14H27N3/c15-12-2-1-3-13(8-12)16-9-11-6-7-17(10-11)14-4-5-14/h11-14,16H,1-10,15H2. The van der Waals surface area contributed by atoms with E-state index in [2.05, 4.69) is 10.2 Å². The van der Waals surface area contributed by atoms with Gasteiger partial charge in [0.2, 0.25) is 0 Å². The van der Waals surface area contributed by atoms with Crippen molar-refractivity contribution in [1.82, 2.24) is 10.2 Å². The van der Waals surface area contributed by atoms with Crippen molar-refractivity contribution in [3.63, 3.8) is 0 Å². The second-order valence-corrected chi connectivity index (χ2v) is 6.41. The van der Waals surface area contributed by atoms with E-state index in [1.54, 1.807) is 0 Å². The number of nitrogens with zero attached hydrogens (tertiary/aromatic N) is 1. The lowest BCUT2D eigenvalue weighted by Gasteiger charge is -2.28. The summed E-state index contributed by atoms with van der Waals surface area (Å²) in [6.07, 6.45) is 9.40. The fraction of sp³-hybridized carbons (Fsp3) is 1.00. The highest BCUT2D eigenvalue weighted by molar-refractivity contribution is 4.90. The molecule has 3 atom stereocenters. The van der Waals surface area contributed by atoms with Crippen LogP contribution >= 0.6 is 0 Å². The van der Waals surface area contributed by atoms with Crippen molar-refractivity contribution in [2.75, 3.05) is 19.6 Å². The summed E-state index contributed by atoms with van der Waals surface area (Å²) < 4.78 is 0. The molecule has 17 heavy (non-hydrogen) atoms. The Morgan fingerprint density at radius 3 is 2.76 bits per heavy atom. The zero-order valence-corrected chi connectivity index (χ0v) is 10.9. The number of likely N-dealkylation sites (tertiary alicyclic amines) is 1. The quantitative estimate of drug-likeness (QED) is 0.775. The molecule has 0 aromatic heterocycles. The van der Waals surface area contributed by atoms with E-state index in [-0.39, 0.29) is 0 Å². The van der Waals surface area contributed by atoms with E-state index in [9.17, 15) is 0 Å². The lowest BCUT2D eigenvalue weighted by atomic mass is 9.91. The van der Waals surface area contributed by atoms with Crippen LogP contribution in [0.4, 0.5) is 0 Å². The molecule has 3 nitrogen and oxygen atoms in total. The molecule has 0 aromatic carbocycles. The van der Waals surface area contributed by atoms with Crippen LogP contribution in [0.15, 0.2) is 0 Å². The molecule has 98 valence electrons. The van der Waals surface area contributed by atoms with Crippen LogP contribution in [0.25, 0.3) is 0 Å². The molecule has 3 N–H and O–H groups in total. The van der Waals surface area contributed by atoms with Gasteiger partial charge in [-0.25, -0.2) is 0 Å². The molecule has 1 saturated heterocycles. The minimum absolute atomic E-state index is 0.452. The molecule has 1 aliphatic heterocycles. The summed E-state index contributed by atoms with van der Waals surface area (Å²) >= 11 is 0. The van der Waals surface area contributed by atoms with Crippen LogP contribution in [-0.2, 0) is 0 Å². The van der Waals surface area contributed by atoms with Gasteiger partial charge in [0.1, 0.15) is 0 Å². The molecular weight excluding hydrogens is 210 g/mol. The van der Waals surface area contributed by atoms with Crippen molar-refractivity contribution in [2.24, 2.45) is 11.7 Å². The largest absolute Gasteiger partial charge is 0.328 e. The molecule has 0 radical (unpaired) electrons. The average molecular weight is 237 g/mol. The fourth-order valence-corrected chi connectivity index (χ4v) is 3.55. The van der Waals surface area contributed by atoms with E-state index in [4.69, 9.17) is 5.73 Å². The number of nitrogens with one attached hydrogen (secondary N) is 1. The molecule has 3 rings (SSSR count). The Hall–Kier alpha value is -0.120. The second-order valence-electron chi connectivity index (χ2n) is 6.41. The Morgan fingerprint density at radius 1 is 1.12 bits per heavy atom. The van der Waals surface area contributed by atoms with Gasteiger partial charge < -0.3 is 16.0 Å². The van der Waals surface area contributed by atoms with Crippen LogP contribution in [-0.4, -0.2) is 42.7 Å². The predicted octanol–water partition coefficient (Wildman–Crippen LogP) is 1.33. The summed E-state index contributed by atoms with van der Waals surface area (Å²) in [6, 6.07) is 2.12. The van der Waals surface area contributed by atoms with Crippen LogP contribution in [0.3, 0.4) is 0 Å². The molecule has 3 heteroatoms. The zero-order valence-electron chi connectivity index (χ0n) is 10.9. The number of rotatable bonds is 4. The number of nitrogens with two attached hydrogens (primary N) is 1. The van der Waals surface area contributed by atoms with Gasteiger partial charge in [0.05, 0.1) is 0 Å². The summed E-state index contributed by atoms with van der Waals surface area (Å²) in [5.74, 6) is 0.897.